The Balaban J connectivity index is 2.09. The van der Waals surface area contributed by atoms with Gasteiger partial charge in [0.25, 0.3) is 0 Å². The molecule has 0 radical (unpaired) electrons. The molecule has 0 fully saturated rings. The van der Waals surface area contributed by atoms with E-state index in [9.17, 15) is 0 Å². The fourth-order valence-corrected chi connectivity index (χ4v) is 2.41. The summed E-state index contributed by atoms with van der Waals surface area (Å²) >= 11 is 1.56. The highest BCUT2D eigenvalue weighted by molar-refractivity contribution is 7.07. The van der Waals surface area contributed by atoms with E-state index < -0.39 is 0 Å². The second-order valence-electron chi connectivity index (χ2n) is 4.63. The van der Waals surface area contributed by atoms with Crippen molar-refractivity contribution in [1.29, 1.82) is 0 Å². The van der Waals surface area contributed by atoms with Crippen LogP contribution in [0.4, 0.5) is 0 Å². The Morgan fingerprint density at radius 1 is 1.35 bits per heavy atom. The van der Waals surface area contributed by atoms with Gasteiger partial charge >= 0.3 is 0 Å². The number of ether oxygens (including phenoxy) is 2. The summed E-state index contributed by atoms with van der Waals surface area (Å²) in [4.78, 5) is 4.20. The lowest BCUT2D eigenvalue weighted by atomic mass is 10.0. The number of nitrogens with zero attached hydrogens (tertiary/aromatic N) is 1. The zero-order valence-electron chi connectivity index (χ0n) is 11.8. The van der Waals surface area contributed by atoms with E-state index >= 15 is 0 Å². The minimum absolute atomic E-state index is 0.176. The molecule has 4 nitrogen and oxygen atoms in total. The molecule has 0 aliphatic heterocycles. The monoisotopic (exact) mass is 292 g/mol. The van der Waals surface area contributed by atoms with Crippen LogP contribution in [-0.2, 0) is 13.0 Å². The van der Waals surface area contributed by atoms with E-state index in [1.54, 1.807) is 24.0 Å². The van der Waals surface area contributed by atoms with Crippen molar-refractivity contribution in [2.24, 2.45) is 5.73 Å². The molecule has 0 saturated carbocycles. The summed E-state index contributed by atoms with van der Waals surface area (Å²) in [5, 5.41) is 1.98. The average molecular weight is 292 g/mol. The summed E-state index contributed by atoms with van der Waals surface area (Å²) in [6.45, 7) is 2.54. The van der Waals surface area contributed by atoms with Crippen LogP contribution < -0.4 is 15.2 Å². The first-order valence-electron chi connectivity index (χ1n) is 6.65. The third kappa shape index (κ3) is 3.95. The summed E-state index contributed by atoms with van der Waals surface area (Å²) in [5.41, 5.74) is 9.88. The number of benzene rings is 1. The Morgan fingerprint density at radius 2 is 2.20 bits per heavy atom. The van der Waals surface area contributed by atoms with Gasteiger partial charge in [0.1, 0.15) is 6.61 Å². The molecule has 1 heterocycles. The first-order chi connectivity index (χ1) is 9.72. The summed E-state index contributed by atoms with van der Waals surface area (Å²) in [6, 6.07) is 6.13. The predicted molar refractivity (Wildman–Crippen MR) is 81.4 cm³/mol. The minimum Gasteiger partial charge on any atom is -0.493 e. The smallest absolute Gasteiger partial charge is 0.162 e. The van der Waals surface area contributed by atoms with E-state index in [2.05, 4.69) is 11.9 Å². The van der Waals surface area contributed by atoms with Gasteiger partial charge in [0.05, 0.1) is 18.3 Å². The second kappa shape index (κ2) is 7.26. The Morgan fingerprint density at radius 3 is 2.85 bits per heavy atom. The Kier molecular flexibility index (Phi) is 5.38. The van der Waals surface area contributed by atoms with Gasteiger partial charge in [0, 0.05) is 11.4 Å². The number of thiazole rings is 1. The molecule has 1 unspecified atom stereocenters. The summed E-state index contributed by atoms with van der Waals surface area (Å²) in [7, 11) is 1.64. The Hall–Kier alpha value is -1.59. The molecule has 0 amide bonds. The number of rotatable bonds is 7. The van der Waals surface area contributed by atoms with Crippen molar-refractivity contribution in [2.75, 3.05) is 7.11 Å². The molecule has 5 heteroatoms. The zero-order chi connectivity index (χ0) is 14.4. The molecule has 1 atom stereocenters. The van der Waals surface area contributed by atoms with E-state index in [0.29, 0.717) is 6.61 Å². The summed E-state index contributed by atoms with van der Waals surface area (Å²) in [6.07, 6.45) is 1.80. The highest BCUT2D eigenvalue weighted by atomic mass is 32.1. The molecule has 0 aliphatic carbocycles. The van der Waals surface area contributed by atoms with Gasteiger partial charge in [0.15, 0.2) is 11.5 Å². The van der Waals surface area contributed by atoms with Crippen LogP contribution in [0.15, 0.2) is 29.1 Å². The number of nitrogens with two attached hydrogens (primary N) is 1. The van der Waals surface area contributed by atoms with Gasteiger partial charge in [-0.3, -0.25) is 0 Å². The lowest BCUT2D eigenvalue weighted by Gasteiger charge is -2.13. The lowest BCUT2D eigenvalue weighted by molar-refractivity contribution is 0.281. The zero-order valence-corrected chi connectivity index (χ0v) is 12.7. The van der Waals surface area contributed by atoms with Crippen molar-refractivity contribution in [3.8, 4) is 11.5 Å². The Labute approximate surface area is 123 Å². The Bertz CT molecular complexity index is 529. The van der Waals surface area contributed by atoms with E-state index in [1.807, 2.05) is 23.6 Å². The third-order valence-corrected chi connectivity index (χ3v) is 3.74. The van der Waals surface area contributed by atoms with Crippen LogP contribution in [0.25, 0.3) is 0 Å². The minimum atomic E-state index is 0.176. The van der Waals surface area contributed by atoms with Crippen molar-refractivity contribution in [3.63, 3.8) is 0 Å². The number of methoxy groups -OCH3 is 1. The van der Waals surface area contributed by atoms with E-state index in [4.69, 9.17) is 15.2 Å². The van der Waals surface area contributed by atoms with Crippen LogP contribution in [-0.4, -0.2) is 18.1 Å². The fraction of sp³-hybridized carbons (Fsp3) is 0.400. The van der Waals surface area contributed by atoms with Crippen LogP contribution >= 0.6 is 11.3 Å². The molecule has 2 N–H and O–H groups in total. The molecule has 1 aromatic carbocycles. The first-order valence-corrected chi connectivity index (χ1v) is 7.59. The predicted octanol–water partition coefficient (Wildman–Crippen LogP) is 3.01. The molecule has 20 heavy (non-hydrogen) atoms. The summed E-state index contributed by atoms with van der Waals surface area (Å²) < 4.78 is 11.1. The van der Waals surface area contributed by atoms with Crippen LogP contribution in [0.5, 0.6) is 11.5 Å². The maximum Gasteiger partial charge on any atom is 0.162 e. The molecule has 1 aromatic heterocycles. The van der Waals surface area contributed by atoms with Crippen molar-refractivity contribution in [3.05, 3.63) is 40.3 Å². The molecule has 2 rings (SSSR count). The van der Waals surface area contributed by atoms with Gasteiger partial charge in [-0.2, -0.15) is 0 Å². The number of hydrogen-bond donors (Lipinski definition) is 1. The van der Waals surface area contributed by atoms with Gasteiger partial charge in [-0.25, -0.2) is 4.98 Å². The maximum absolute atomic E-state index is 6.00. The molecule has 0 saturated heterocycles. The third-order valence-electron chi connectivity index (χ3n) is 3.11. The second-order valence-corrected chi connectivity index (χ2v) is 5.34. The van der Waals surface area contributed by atoms with Crippen LogP contribution in [0.1, 0.15) is 24.6 Å². The fourth-order valence-electron chi connectivity index (χ4n) is 1.87. The van der Waals surface area contributed by atoms with Crippen molar-refractivity contribution in [1.82, 2.24) is 4.98 Å². The standard InChI is InChI=1S/C15H20N2O2S/c1-3-12(16)6-11-4-5-14(18-2)15(7-11)19-8-13-9-20-10-17-13/h4-5,7,9-10,12H,3,6,8,16H2,1-2H3. The van der Waals surface area contributed by atoms with Crippen molar-refractivity contribution < 1.29 is 9.47 Å². The highest BCUT2D eigenvalue weighted by Gasteiger charge is 2.09. The lowest BCUT2D eigenvalue weighted by Crippen LogP contribution is -2.21. The van der Waals surface area contributed by atoms with Gasteiger partial charge in [-0.1, -0.05) is 13.0 Å². The van der Waals surface area contributed by atoms with Gasteiger partial charge in [-0.05, 0) is 30.5 Å². The molecular formula is C15H20N2O2S. The molecular weight excluding hydrogens is 272 g/mol. The van der Waals surface area contributed by atoms with Gasteiger partial charge in [0.2, 0.25) is 0 Å². The van der Waals surface area contributed by atoms with Crippen molar-refractivity contribution >= 4 is 11.3 Å². The van der Waals surface area contributed by atoms with Crippen LogP contribution in [0, 0.1) is 0 Å². The molecule has 0 bridgehead atoms. The molecule has 0 spiro atoms. The average Bonchev–Trinajstić information content (AvgIpc) is 2.98. The molecule has 0 aliphatic rings. The number of aromatic nitrogens is 1. The van der Waals surface area contributed by atoms with E-state index in [1.165, 1.54) is 0 Å². The van der Waals surface area contributed by atoms with Gasteiger partial charge in [-0.15, -0.1) is 11.3 Å². The largest absolute Gasteiger partial charge is 0.493 e. The van der Waals surface area contributed by atoms with Crippen molar-refractivity contribution in [2.45, 2.75) is 32.4 Å². The highest BCUT2D eigenvalue weighted by Crippen LogP contribution is 2.29. The number of hydrogen-bond acceptors (Lipinski definition) is 5. The normalized spacial score (nSPS) is 12.2. The summed E-state index contributed by atoms with van der Waals surface area (Å²) in [5.74, 6) is 1.47. The molecule has 108 valence electrons. The van der Waals surface area contributed by atoms with Crippen LogP contribution in [0.2, 0.25) is 0 Å². The SMILES string of the molecule is CCC(N)Cc1ccc(OC)c(OCc2cscn2)c1. The van der Waals surface area contributed by atoms with E-state index in [0.717, 1.165) is 35.6 Å². The maximum atomic E-state index is 6.00. The van der Waals surface area contributed by atoms with Crippen LogP contribution in [0.3, 0.4) is 0 Å². The topological polar surface area (TPSA) is 57.4 Å². The van der Waals surface area contributed by atoms with E-state index in [-0.39, 0.29) is 6.04 Å². The first kappa shape index (κ1) is 14.8. The quantitative estimate of drug-likeness (QED) is 0.852. The molecule has 2 aromatic rings. The van der Waals surface area contributed by atoms with Gasteiger partial charge < -0.3 is 15.2 Å².